The van der Waals surface area contributed by atoms with E-state index in [1.807, 2.05) is 13.8 Å². The van der Waals surface area contributed by atoms with Crippen LogP contribution in [0.5, 0.6) is 0 Å². The molecule has 0 spiro atoms. The first-order chi connectivity index (χ1) is 6.56. The van der Waals surface area contributed by atoms with Crippen molar-refractivity contribution in [2.24, 2.45) is 0 Å². The summed E-state index contributed by atoms with van der Waals surface area (Å²) in [6, 6.07) is 0. The van der Waals surface area contributed by atoms with Crippen LogP contribution in [0, 0.1) is 0 Å². The van der Waals surface area contributed by atoms with Gasteiger partial charge in [0.15, 0.2) is 6.29 Å². The van der Waals surface area contributed by atoms with Gasteiger partial charge in [0.05, 0.1) is 12.7 Å². The molecule has 5 nitrogen and oxygen atoms in total. The molecule has 1 aliphatic rings. The van der Waals surface area contributed by atoms with Gasteiger partial charge in [-0.25, -0.2) is 0 Å². The van der Waals surface area contributed by atoms with Gasteiger partial charge in [0, 0.05) is 0 Å². The highest BCUT2D eigenvalue weighted by Crippen LogP contribution is 2.18. The predicted octanol–water partition coefficient (Wildman–Crippen LogP) is -0.760. The maximum absolute atomic E-state index is 9.49. The molecule has 1 saturated heterocycles. The van der Waals surface area contributed by atoms with Crippen molar-refractivity contribution in [1.29, 1.82) is 0 Å². The third-order valence-electron chi connectivity index (χ3n) is 2.40. The summed E-state index contributed by atoms with van der Waals surface area (Å²) in [7, 11) is 0. The molecule has 0 bridgehead atoms. The molecule has 0 aromatic rings. The van der Waals surface area contributed by atoms with Gasteiger partial charge in [0.25, 0.3) is 0 Å². The van der Waals surface area contributed by atoms with Crippen LogP contribution >= 0.6 is 0 Å². The van der Waals surface area contributed by atoms with E-state index >= 15 is 0 Å². The van der Waals surface area contributed by atoms with Gasteiger partial charge in [-0.05, 0) is 13.3 Å². The highest BCUT2D eigenvalue weighted by Gasteiger charge is 2.38. The lowest BCUT2D eigenvalue weighted by Crippen LogP contribution is -2.54. The topological polar surface area (TPSA) is 79.2 Å². The van der Waals surface area contributed by atoms with Crippen LogP contribution in [0.25, 0.3) is 0 Å². The van der Waals surface area contributed by atoms with Crippen molar-refractivity contribution >= 4 is 0 Å². The van der Waals surface area contributed by atoms with Crippen LogP contribution in [0.1, 0.15) is 20.3 Å². The van der Waals surface area contributed by atoms with Gasteiger partial charge in [-0.2, -0.15) is 0 Å². The summed E-state index contributed by atoms with van der Waals surface area (Å²) < 4.78 is 10.4. The fraction of sp³-hybridized carbons (Fsp3) is 1.00. The number of rotatable bonds is 3. The van der Waals surface area contributed by atoms with Crippen molar-refractivity contribution in [3.63, 3.8) is 0 Å². The van der Waals surface area contributed by atoms with Crippen LogP contribution in [-0.2, 0) is 9.47 Å². The van der Waals surface area contributed by atoms with Crippen LogP contribution in [0.4, 0.5) is 0 Å². The molecule has 3 N–H and O–H groups in total. The molecule has 5 heteroatoms. The molecular weight excluding hydrogens is 188 g/mol. The van der Waals surface area contributed by atoms with Crippen molar-refractivity contribution in [2.45, 2.75) is 51.0 Å². The molecule has 5 atom stereocenters. The summed E-state index contributed by atoms with van der Waals surface area (Å²) >= 11 is 0. The minimum Gasteiger partial charge on any atom is -0.388 e. The number of aliphatic hydroxyl groups excluding tert-OH is 3. The van der Waals surface area contributed by atoms with Crippen molar-refractivity contribution in [1.82, 2.24) is 0 Å². The molecule has 0 aromatic heterocycles. The molecule has 2 unspecified atom stereocenters. The first kappa shape index (κ1) is 11.9. The lowest BCUT2D eigenvalue weighted by molar-refractivity contribution is -0.280. The smallest absolute Gasteiger partial charge is 0.186 e. The summed E-state index contributed by atoms with van der Waals surface area (Å²) in [5.41, 5.74) is 0. The second kappa shape index (κ2) is 5.04. The number of hydrogen-bond acceptors (Lipinski definition) is 5. The average molecular weight is 206 g/mol. The molecule has 1 heterocycles. The van der Waals surface area contributed by atoms with E-state index in [0.717, 1.165) is 6.42 Å². The third-order valence-corrected chi connectivity index (χ3v) is 2.40. The molecule has 1 rings (SSSR count). The predicted molar refractivity (Wildman–Crippen MR) is 48.6 cm³/mol. The van der Waals surface area contributed by atoms with E-state index in [-0.39, 0.29) is 12.7 Å². The Bertz CT molecular complexity index is 175. The Morgan fingerprint density at radius 1 is 1.36 bits per heavy atom. The van der Waals surface area contributed by atoms with Gasteiger partial charge in [0.1, 0.15) is 18.3 Å². The Kier molecular flexibility index (Phi) is 4.28. The van der Waals surface area contributed by atoms with Gasteiger partial charge in [0.2, 0.25) is 0 Å². The Labute approximate surface area is 83.3 Å². The summed E-state index contributed by atoms with van der Waals surface area (Å²) in [5.74, 6) is 0. The lowest BCUT2D eigenvalue weighted by Gasteiger charge is -2.36. The largest absolute Gasteiger partial charge is 0.388 e. The van der Waals surface area contributed by atoms with E-state index in [4.69, 9.17) is 14.6 Å². The molecule has 0 amide bonds. The van der Waals surface area contributed by atoms with Gasteiger partial charge >= 0.3 is 0 Å². The fourth-order valence-corrected chi connectivity index (χ4v) is 1.22. The van der Waals surface area contributed by atoms with Crippen molar-refractivity contribution < 1.29 is 24.8 Å². The highest BCUT2D eigenvalue weighted by atomic mass is 16.7. The highest BCUT2D eigenvalue weighted by molar-refractivity contribution is 4.82. The second-order valence-electron chi connectivity index (χ2n) is 3.61. The summed E-state index contributed by atoms with van der Waals surface area (Å²) in [6.07, 6.45) is -3.52. The van der Waals surface area contributed by atoms with Crippen LogP contribution in [0.2, 0.25) is 0 Å². The van der Waals surface area contributed by atoms with Gasteiger partial charge < -0.3 is 24.8 Å². The zero-order valence-corrected chi connectivity index (χ0v) is 8.46. The molecule has 0 saturated carbocycles. The van der Waals surface area contributed by atoms with E-state index in [1.54, 1.807) is 0 Å². The minimum absolute atomic E-state index is 0.0146. The maximum atomic E-state index is 9.49. The fourth-order valence-electron chi connectivity index (χ4n) is 1.22. The van der Waals surface area contributed by atoms with E-state index in [2.05, 4.69) is 0 Å². The SMILES string of the molecule is CCC(C)O[C@@H]1OC[C@@H](O)[C@H](O)C1O. The van der Waals surface area contributed by atoms with Crippen LogP contribution in [0.3, 0.4) is 0 Å². The van der Waals surface area contributed by atoms with Crippen molar-refractivity contribution in [2.75, 3.05) is 6.61 Å². The van der Waals surface area contributed by atoms with E-state index in [9.17, 15) is 10.2 Å². The Morgan fingerprint density at radius 2 is 2.00 bits per heavy atom. The number of hydrogen-bond donors (Lipinski definition) is 3. The van der Waals surface area contributed by atoms with Crippen LogP contribution < -0.4 is 0 Å². The molecule has 0 aromatic carbocycles. The molecule has 0 radical (unpaired) electrons. The Hall–Kier alpha value is -0.200. The van der Waals surface area contributed by atoms with Crippen molar-refractivity contribution in [3.8, 4) is 0 Å². The molecule has 14 heavy (non-hydrogen) atoms. The zero-order valence-electron chi connectivity index (χ0n) is 8.46. The first-order valence-electron chi connectivity index (χ1n) is 4.87. The van der Waals surface area contributed by atoms with Crippen LogP contribution in [0.15, 0.2) is 0 Å². The summed E-state index contributed by atoms with van der Waals surface area (Å²) in [6.45, 7) is 3.79. The maximum Gasteiger partial charge on any atom is 0.186 e. The summed E-state index contributed by atoms with van der Waals surface area (Å²) in [4.78, 5) is 0. The molecule has 1 fully saturated rings. The average Bonchev–Trinajstić information content (AvgIpc) is 2.19. The zero-order chi connectivity index (χ0) is 10.7. The number of ether oxygens (including phenoxy) is 2. The monoisotopic (exact) mass is 206 g/mol. The molecule has 84 valence electrons. The first-order valence-corrected chi connectivity index (χ1v) is 4.87. The quantitative estimate of drug-likeness (QED) is 0.565. The Morgan fingerprint density at radius 3 is 2.57 bits per heavy atom. The van der Waals surface area contributed by atoms with Gasteiger partial charge in [-0.1, -0.05) is 6.92 Å². The molecule has 1 aliphatic heterocycles. The number of aliphatic hydroxyl groups is 3. The van der Waals surface area contributed by atoms with Gasteiger partial charge in [-0.15, -0.1) is 0 Å². The molecular formula is C9H18O5. The lowest BCUT2D eigenvalue weighted by atomic mass is 10.1. The van der Waals surface area contributed by atoms with E-state index in [1.165, 1.54) is 0 Å². The third kappa shape index (κ3) is 2.65. The second-order valence-corrected chi connectivity index (χ2v) is 3.61. The minimum atomic E-state index is -1.20. The van der Waals surface area contributed by atoms with Crippen molar-refractivity contribution in [3.05, 3.63) is 0 Å². The normalized spacial score (nSPS) is 40.9. The van der Waals surface area contributed by atoms with Crippen LogP contribution in [-0.4, -0.2) is 52.6 Å². The Balaban J connectivity index is 2.46. The summed E-state index contributed by atoms with van der Waals surface area (Å²) in [5, 5.41) is 28.0. The standard InChI is InChI=1S/C9H18O5/c1-3-5(2)14-9-8(12)7(11)6(10)4-13-9/h5-12H,3-4H2,1-2H3/t5?,6-,7+,8?,9+/m1/s1. The van der Waals surface area contributed by atoms with Gasteiger partial charge in [-0.3, -0.25) is 0 Å². The molecule has 0 aliphatic carbocycles. The van der Waals surface area contributed by atoms with E-state index in [0.29, 0.717) is 0 Å². The van der Waals surface area contributed by atoms with E-state index < -0.39 is 24.6 Å².